The Morgan fingerprint density at radius 2 is 2.00 bits per heavy atom. The van der Waals surface area contributed by atoms with E-state index in [0.717, 1.165) is 19.3 Å². The molecular formula is C16H24N2O2. The van der Waals surface area contributed by atoms with E-state index in [1.807, 2.05) is 25.1 Å². The third-order valence-corrected chi connectivity index (χ3v) is 4.06. The second kappa shape index (κ2) is 6.75. The lowest BCUT2D eigenvalue weighted by atomic mass is 9.96. The van der Waals surface area contributed by atoms with Gasteiger partial charge in [0, 0.05) is 18.5 Å². The molecule has 3 N–H and O–H groups in total. The van der Waals surface area contributed by atoms with Crippen LogP contribution in [0.2, 0.25) is 0 Å². The van der Waals surface area contributed by atoms with E-state index in [0.29, 0.717) is 19.5 Å². The first-order valence-electron chi connectivity index (χ1n) is 7.41. The van der Waals surface area contributed by atoms with Crippen LogP contribution in [0.25, 0.3) is 0 Å². The molecule has 1 atom stereocenters. The minimum absolute atomic E-state index is 0.140. The van der Waals surface area contributed by atoms with Crippen LogP contribution in [-0.2, 0) is 5.41 Å². The normalized spacial score (nSPS) is 17.3. The number of hydrogen-bond donors (Lipinski definition) is 3. The molecule has 1 aromatic carbocycles. The largest absolute Gasteiger partial charge is 0.393 e. The number of rotatable bonds is 7. The first kappa shape index (κ1) is 14.9. The van der Waals surface area contributed by atoms with Crippen molar-refractivity contribution in [2.75, 3.05) is 13.1 Å². The van der Waals surface area contributed by atoms with Crippen LogP contribution in [-0.4, -0.2) is 30.3 Å². The molecule has 0 heterocycles. The van der Waals surface area contributed by atoms with Gasteiger partial charge in [-0.1, -0.05) is 37.3 Å². The topological polar surface area (TPSA) is 61.4 Å². The van der Waals surface area contributed by atoms with Crippen molar-refractivity contribution in [3.63, 3.8) is 0 Å². The zero-order valence-corrected chi connectivity index (χ0v) is 12.1. The van der Waals surface area contributed by atoms with Crippen LogP contribution >= 0.6 is 0 Å². The molecule has 1 aliphatic carbocycles. The molecule has 20 heavy (non-hydrogen) atoms. The number of hydrogen-bond acceptors (Lipinski definition) is 2. The maximum absolute atomic E-state index is 11.7. The van der Waals surface area contributed by atoms with E-state index in [-0.39, 0.29) is 17.6 Å². The van der Waals surface area contributed by atoms with Crippen molar-refractivity contribution in [2.45, 2.75) is 44.1 Å². The van der Waals surface area contributed by atoms with Gasteiger partial charge >= 0.3 is 6.03 Å². The van der Waals surface area contributed by atoms with Crippen molar-refractivity contribution in [2.24, 2.45) is 0 Å². The highest BCUT2D eigenvalue weighted by Crippen LogP contribution is 2.47. The van der Waals surface area contributed by atoms with Crippen LogP contribution in [0.5, 0.6) is 0 Å². The van der Waals surface area contributed by atoms with E-state index in [1.54, 1.807) is 0 Å². The second-order valence-corrected chi connectivity index (χ2v) is 5.61. The van der Waals surface area contributed by atoms with Gasteiger partial charge in [0.1, 0.15) is 0 Å². The van der Waals surface area contributed by atoms with Gasteiger partial charge in [-0.2, -0.15) is 0 Å². The van der Waals surface area contributed by atoms with E-state index in [9.17, 15) is 9.90 Å². The summed E-state index contributed by atoms with van der Waals surface area (Å²) in [6, 6.07) is 10.2. The number of nitrogens with one attached hydrogen (secondary N) is 2. The van der Waals surface area contributed by atoms with Gasteiger partial charge in [-0.3, -0.25) is 0 Å². The Balaban J connectivity index is 1.71. The zero-order valence-electron chi connectivity index (χ0n) is 12.1. The number of urea groups is 1. The van der Waals surface area contributed by atoms with E-state index in [2.05, 4.69) is 22.8 Å². The lowest BCUT2D eigenvalue weighted by Gasteiger charge is -2.17. The van der Waals surface area contributed by atoms with Crippen molar-refractivity contribution in [3.05, 3.63) is 35.9 Å². The standard InChI is InChI=1S/C16H24N2O2/c1-2-14(19)8-11-17-15(20)18-12-16(9-10-16)13-6-4-3-5-7-13/h3-7,14,19H,2,8-12H2,1H3,(H2,17,18,20). The molecule has 2 amide bonds. The van der Waals surface area contributed by atoms with Gasteiger partial charge in [-0.05, 0) is 31.2 Å². The summed E-state index contributed by atoms with van der Waals surface area (Å²) in [7, 11) is 0. The summed E-state index contributed by atoms with van der Waals surface area (Å²) in [6.07, 6.45) is 3.26. The van der Waals surface area contributed by atoms with Crippen LogP contribution in [0.4, 0.5) is 4.79 Å². The SMILES string of the molecule is CCC(O)CCNC(=O)NCC1(c2ccccc2)CC1. The molecule has 1 saturated carbocycles. The smallest absolute Gasteiger partial charge is 0.314 e. The number of benzene rings is 1. The summed E-state index contributed by atoms with van der Waals surface area (Å²) in [6.45, 7) is 3.12. The molecule has 0 bridgehead atoms. The molecule has 110 valence electrons. The van der Waals surface area contributed by atoms with E-state index < -0.39 is 0 Å². The van der Waals surface area contributed by atoms with Crippen molar-refractivity contribution in [1.29, 1.82) is 0 Å². The molecular weight excluding hydrogens is 252 g/mol. The molecule has 0 aromatic heterocycles. The van der Waals surface area contributed by atoms with Crippen molar-refractivity contribution in [1.82, 2.24) is 10.6 Å². The third kappa shape index (κ3) is 3.97. The number of aliphatic hydroxyl groups excluding tert-OH is 1. The summed E-state index contributed by atoms with van der Waals surface area (Å²) in [5.41, 5.74) is 1.45. The summed E-state index contributed by atoms with van der Waals surface area (Å²) >= 11 is 0. The maximum Gasteiger partial charge on any atom is 0.314 e. The van der Waals surface area contributed by atoms with Gasteiger partial charge < -0.3 is 15.7 Å². The van der Waals surface area contributed by atoms with Crippen molar-refractivity contribution in [3.8, 4) is 0 Å². The predicted octanol–water partition coefficient (Wildman–Crippen LogP) is 2.18. The molecule has 4 heteroatoms. The average molecular weight is 276 g/mol. The highest BCUT2D eigenvalue weighted by Gasteiger charge is 2.44. The molecule has 2 rings (SSSR count). The van der Waals surface area contributed by atoms with Gasteiger partial charge in [0.2, 0.25) is 0 Å². The monoisotopic (exact) mass is 276 g/mol. The van der Waals surface area contributed by atoms with Crippen LogP contribution in [0, 0.1) is 0 Å². The number of amides is 2. The van der Waals surface area contributed by atoms with Crippen LogP contribution in [0.3, 0.4) is 0 Å². The van der Waals surface area contributed by atoms with E-state index in [4.69, 9.17) is 0 Å². The minimum atomic E-state index is -0.325. The van der Waals surface area contributed by atoms with Crippen LogP contribution in [0.1, 0.15) is 38.2 Å². The number of carbonyl (C=O) groups excluding carboxylic acids is 1. The van der Waals surface area contributed by atoms with Crippen molar-refractivity contribution < 1.29 is 9.90 Å². The Morgan fingerprint density at radius 1 is 1.30 bits per heavy atom. The first-order valence-corrected chi connectivity index (χ1v) is 7.41. The average Bonchev–Trinajstić information content (AvgIpc) is 3.27. The molecule has 0 aliphatic heterocycles. The lowest BCUT2D eigenvalue weighted by molar-refractivity contribution is 0.160. The molecule has 4 nitrogen and oxygen atoms in total. The molecule has 1 aliphatic rings. The summed E-state index contributed by atoms with van der Waals surface area (Å²) < 4.78 is 0. The molecule has 1 unspecified atom stereocenters. The van der Waals surface area contributed by atoms with Gasteiger partial charge in [0.15, 0.2) is 0 Å². The lowest BCUT2D eigenvalue weighted by Crippen LogP contribution is -2.40. The summed E-state index contributed by atoms with van der Waals surface area (Å²) in [5, 5.41) is 15.2. The fourth-order valence-electron chi connectivity index (χ4n) is 2.38. The van der Waals surface area contributed by atoms with Crippen LogP contribution in [0.15, 0.2) is 30.3 Å². The molecule has 0 radical (unpaired) electrons. The van der Waals surface area contributed by atoms with Crippen molar-refractivity contribution >= 4 is 6.03 Å². The summed E-state index contributed by atoms with van der Waals surface area (Å²) in [5.74, 6) is 0. The van der Waals surface area contributed by atoms with Gasteiger partial charge in [0.05, 0.1) is 6.10 Å². The fourth-order valence-corrected chi connectivity index (χ4v) is 2.38. The Kier molecular flexibility index (Phi) is 5.01. The van der Waals surface area contributed by atoms with E-state index in [1.165, 1.54) is 5.56 Å². The van der Waals surface area contributed by atoms with Gasteiger partial charge in [-0.15, -0.1) is 0 Å². The predicted molar refractivity (Wildman–Crippen MR) is 79.7 cm³/mol. The minimum Gasteiger partial charge on any atom is -0.393 e. The Labute approximate surface area is 120 Å². The fraction of sp³-hybridized carbons (Fsp3) is 0.562. The second-order valence-electron chi connectivity index (χ2n) is 5.61. The number of aliphatic hydroxyl groups is 1. The number of carbonyl (C=O) groups is 1. The highest BCUT2D eigenvalue weighted by molar-refractivity contribution is 5.74. The molecule has 0 spiro atoms. The van der Waals surface area contributed by atoms with Crippen LogP contribution < -0.4 is 10.6 Å². The third-order valence-electron chi connectivity index (χ3n) is 4.06. The van der Waals surface area contributed by atoms with Gasteiger partial charge in [-0.25, -0.2) is 4.79 Å². The van der Waals surface area contributed by atoms with Gasteiger partial charge in [0.25, 0.3) is 0 Å². The molecule has 0 saturated heterocycles. The Bertz CT molecular complexity index is 429. The molecule has 1 aromatic rings. The summed E-state index contributed by atoms with van der Waals surface area (Å²) in [4.78, 5) is 11.7. The molecule has 1 fully saturated rings. The maximum atomic E-state index is 11.7. The quantitative estimate of drug-likeness (QED) is 0.715. The Morgan fingerprint density at radius 3 is 2.60 bits per heavy atom. The zero-order chi connectivity index (χ0) is 14.4. The Hall–Kier alpha value is -1.55. The van der Waals surface area contributed by atoms with E-state index >= 15 is 0 Å². The highest BCUT2D eigenvalue weighted by atomic mass is 16.3. The first-order chi connectivity index (χ1) is 9.66.